The second-order valence-corrected chi connectivity index (χ2v) is 7.04. The predicted molar refractivity (Wildman–Crippen MR) is 89.0 cm³/mol. The van der Waals surface area contributed by atoms with E-state index in [9.17, 15) is 9.90 Å². The van der Waals surface area contributed by atoms with Crippen molar-refractivity contribution in [3.05, 3.63) is 17.5 Å². The first-order valence-electron chi connectivity index (χ1n) is 8.24. The fourth-order valence-corrected chi connectivity index (χ4v) is 2.19. The van der Waals surface area contributed by atoms with Gasteiger partial charge in [-0.15, -0.1) is 0 Å². The quantitative estimate of drug-likeness (QED) is 0.776. The van der Waals surface area contributed by atoms with Crippen LogP contribution in [0.5, 0.6) is 0 Å². The van der Waals surface area contributed by atoms with Gasteiger partial charge in [0.25, 0.3) is 5.91 Å². The molecule has 1 amide bonds. The van der Waals surface area contributed by atoms with E-state index in [-0.39, 0.29) is 18.4 Å². The van der Waals surface area contributed by atoms with Crippen molar-refractivity contribution in [3.63, 3.8) is 0 Å². The minimum atomic E-state index is -0.877. The number of rotatable bonds is 8. The number of hydrogen-bond acceptors (Lipinski definition) is 3. The maximum Gasteiger partial charge on any atom is 0.269 e. The minimum Gasteiger partial charge on any atom is -0.388 e. The first-order chi connectivity index (χ1) is 10.2. The number of nitrogens with zero attached hydrogens (tertiary/aromatic N) is 2. The van der Waals surface area contributed by atoms with Gasteiger partial charge in [-0.1, -0.05) is 27.7 Å². The number of carbonyl (C=O) groups is 1. The molecule has 0 aliphatic rings. The summed E-state index contributed by atoms with van der Waals surface area (Å²) in [6, 6.07) is 1.84. The molecule has 0 saturated carbocycles. The molecule has 0 aliphatic heterocycles. The molecule has 1 atom stereocenters. The van der Waals surface area contributed by atoms with E-state index in [1.807, 2.05) is 13.0 Å². The standard InChI is InChI=1S/C17H31N3O2/c1-7-20-15(10-14(19-20)13(4)5)16(21)18-11-17(6,22)9-8-12(2)3/h10,12-13,22H,7-9,11H2,1-6H3,(H,18,21). The molecule has 1 aromatic heterocycles. The van der Waals surface area contributed by atoms with Gasteiger partial charge in [-0.3, -0.25) is 9.48 Å². The van der Waals surface area contributed by atoms with E-state index in [0.717, 1.165) is 12.1 Å². The highest BCUT2D eigenvalue weighted by Gasteiger charge is 2.23. The molecule has 2 N–H and O–H groups in total. The maximum absolute atomic E-state index is 12.4. The molecule has 5 nitrogen and oxygen atoms in total. The Morgan fingerprint density at radius 2 is 2.05 bits per heavy atom. The molecule has 0 bridgehead atoms. The van der Waals surface area contributed by atoms with Gasteiger partial charge in [0.2, 0.25) is 0 Å². The number of aliphatic hydroxyl groups is 1. The summed E-state index contributed by atoms with van der Waals surface area (Å²) in [5.74, 6) is 0.650. The smallest absolute Gasteiger partial charge is 0.269 e. The average Bonchev–Trinajstić information content (AvgIpc) is 2.87. The Hall–Kier alpha value is -1.36. The zero-order chi connectivity index (χ0) is 16.9. The van der Waals surface area contributed by atoms with Crippen molar-refractivity contribution >= 4 is 5.91 Å². The van der Waals surface area contributed by atoms with Crippen LogP contribution in [0.2, 0.25) is 0 Å². The van der Waals surface area contributed by atoms with Gasteiger partial charge in [-0.25, -0.2) is 0 Å². The number of aryl methyl sites for hydroxylation is 1. The Kier molecular flexibility index (Phi) is 6.60. The molecule has 5 heteroatoms. The molecule has 0 radical (unpaired) electrons. The van der Waals surface area contributed by atoms with E-state index in [1.165, 1.54) is 0 Å². The van der Waals surface area contributed by atoms with E-state index in [0.29, 0.717) is 24.6 Å². The van der Waals surface area contributed by atoms with Crippen LogP contribution in [0.1, 0.15) is 76.5 Å². The summed E-state index contributed by atoms with van der Waals surface area (Å²) in [4.78, 5) is 12.4. The maximum atomic E-state index is 12.4. The molecule has 0 saturated heterocycles. The topological polar surface area (TPSA) is 67.2 Å². The largest absolute Gasteiger partial charge is 0.388 e. The number of carbonyl (C=O) groups excluding carboxylic acids is 1. The highest BCUT2D eigenvalue weighted by Crippen LogP contribution is 2.17. The molecular formula is C17H31N3O2. The lowest BCUT2D eigenvalue weighted by molar-refractivity contribution is 0.0427. The van der Waals surface area contributed by atoms with Gasteiger partial charge < -0.3 is 10.4 Å². The van der Waals surface area contributed by atoms with Crippen LogP contribution in [0.15, 0.2) is 6.07 Å². The Labute approximate surface area is 134 Å². The SMILES string of the molecule is CCn1nc(C(C)C)cc1C(=O)NCC(C)(O)CCC(C)C. The van der Waals surface area contributed by atoms with Gasteiger partial charge in [0, 0.05) is 13.1 Å². The van der Waals surface area contributed by atoms with Crippen molar-refractivity contribution in [2.75, 3.05) is 6.54 Å². The van der Waals surface area contributed by atoms with Gasteiger partial charge in [0.1, 0.15) is 5.69 Å². The van der Waals surface area contributed by atoms with Crippen molar-refractivity contribution in [2.45, 2.75) is 72.4 Å². The lowest BCUT2D eigenvalue weighted by Gasteiger charge is -2.24. The van der Waals surface area contributed by atoms with Crippen molar-refractivity contribution in [3.8, 4) is 0 Å². The minimum absolute atomic E-state index is 0.175. The van der Waals surface area contributed by atoms with Crippen LogP contribution in [0.4, 0.5) is 0 Å². The van der Waals surface area contributed by atoms with Gasteiger partial charge >= 0.3 is 0 Å². The van der Waals surface area contributed by atoms with Gasteiger partial charge in [-0.05, 0) is 44.6 Å². The highest BCUT2D eigenvalue weighted by atomic mass is 16.3. The van der Waals surface area contributed by atoms with Gasteiger partial charge in [-0.2, -0.15) is 5.10 Å². The summed E-state index contributed by atoms with van der Waals surface area (Å²) >= 11 is 0. The van der Waals surface area contributed by atoms with Crippen LogP contribution in [0.25, 0.3) is 0 Å². The van der Waals surface area contributed by atoms with Crippen molar-refractivity contribution < 1.29 is 9.90 Å². The normalized spacial score (nSPS) is 14.4. The summed E-state index contributed by atoms with van der Waals surface area (Å²) in [5.41, 5.74) is 0.599. The molecule has 0 fully saturated rings. The Bertz CT molecular complexity index is 490. The third-order valence-corrected chi connectivity index (χ3v) is 3.81. The van der Waals surface area contributed by atoms with E-state index < -0.39 is 5.60 Å². The molecule has 0 spiro atoms. The summed E-state index contributed by atoms with van der Waals surface area (Å²) in [6.45, 7) is 13.0. The summed E-state index contributed by atoms with van der Waals surface area (Å²) < 4.78 is 1.72. The van der Waals surface area contributed by atoms with Gasteiger partial charge in [0.15, 0.2) is 0 Å². The molecule has 1 heterocycles. The third kappa shape index (κ3) is 5.44. The first kappa shape index (κ1) is 18.7. The zero-order valence-corrected chi connectivity index (χ0v) is 14.8. The average molecular weight is 309 g/mol. The molecule has 126 valence electrons. The predicted octanol–water partition coefficient (Wildman–Crippen LogP) is 2.94. The van der Waals surface area contributed by atoms with Crippen LogP contribution in [-0.2, 0) is 6.54 Å². The highest BCUT2D eigenvalue weighted by molar-refractivity contribution is 5.92. The second-order valence-electron chi connectivity index (χ2n) is 7.04. The Morgan fingerprint density at radius 3 is 2.55 bits per heavy atom. The molecule has 22 heavy (non-hydrogen) atoms. The van der Waals surface area contributed by atoms with E-state index >= 15 is 0 Å². The summed E-state index contributed by atoms with van der Waals surface area (Å²) in [5, 5.41) is 17.6. The van der Waals surface area contributed by atoms with Crippen molar-refractivity contribution in [2.24, 2.45) is 5.92 Å². The van der Waals surface area contributed by atoms with Crippen LogP contribution in [0, 0.1) is 5.92 Å². The van der Waals surface area contributed by atoms with Crippen LogP contribution in [-0.4, -0.2) is 32.9 Å². The van der Waals surface area contributed by atoms with E-state index in [1.54, 1.807) is 11.6 Å². The molecule has 1 unspecified atom stereocenters. The monoisotopic (exact) mass is 309 g/mol. The van der Waals surface area contributed by atoms with Crippen LogP contribution >= 0.6 is 0 Å². The molecule has 1 aromatic rings. The molecule has 1 rings (SSSR count). The number of nitrogens with one attached hydrogen (secondary N) is 1. The zero-order valence-electron chi connectivity index (χ0n) is 14.8. The summed E-state index contributed by atoms with van der Waals surface area (Å²) in [6.07, 6.45) is 1.61. The molecule has 0 aromatic carbocycles. The lowest BCUT2D eigenvalue weighted by Crippen LogP contribution is -2.41. The molecular weight excluding hydrogens is 278 g/mol. The number of aromatic nitrogens is 2. The number of amides is 1. The van der Waals surface area contributed by atoms with Crippen LogP contribution < -0.4 is 5.32 Å². The van der Waals surface area contributed by atoms with Crippen molar-refractivity contribution in [1.29, 1.82) is 0 Å². The Balaban J connectivity index is 2.69. The van der Waals surface area contributed by atoms with E-state index in [4.69, 9.17) is 0 Å². The summed E-state index contributed by atoms with van der Waals surface area (Å²) in [7, 11) is 0. The second kappa shape index (κ2) is 7.77. The first-order valence-corrected chi connectivity index (χ1v) is 8.24. The van der Waals surface area contributed by atoms with Crippen LogP contribution in [0.3, 0.4) is 0 Å². The van der Waals surface area contributed by atoms with Gasteiger partial charge in [0.05, 0.1) is 11.3 Å². The number of hydrogen-bond donors (Lipinski definition) is 2. The Morgan fingerprint density at radius 1 is 1.41 bits per heavy atom. The lowest BCUT2D eigenvalue weighted by atomic mass is 9.95. The van der Waals surface area contributed by atoms with E-state index in [2.05, 4.69) is 38.1 Å². The fraction of sp³-hybridized carbons (Fsp3) is 0.765. The molecule has 0 aliphatic carbocycles. The third-order valence-electron chi connectivity index (χ3n) is 3.81. The fourth-order valence-electron chi connectivity index (χ4n) is 2.19. The van der Waals surface area contributed by atoms with Crippen molar-refractivity contribution in [1.82, 2.24) is 15.1 Å².